The lowest BCUT2D eigenvalue weighted by molar-refractivity contribution is 0.195. The monoisotopic (exact) mass is 316 g/mol. The molecule has 3 nitrogen and oxygen atoms in total. The molecule has 21 heavy (non-hydrogen) atoms. The second-order valence-electron chi connectivity index (χ2n) is 5.10. The van der Waals surface area contributed by atoms with Gasteiger partial charge in [0.1, 0.15) is 4.87 Å². The molecule has 2 aromatic rings. The largest absolute Gasteiger partial charge is 0.323 e. The summed E-state index contributed by atoms with van der Waals surface area (Å²) in [5.74, 6) is 0.896. The first-order valence-electron chi connectivity index (χ1n) is 6.80. The SMILES string of the molecule is O=C1Nc2cccc(Cl)c2C2(c3ccccc3)SCCN12. The Balaban J connectivity index is 2.05. The van der Waals surface area contributed by atoms with Crippen LogP contribution in [0.4, 0.5) is 10.5 Å². The minimum absolute atomic E-state index is 0.0568. The average Bonchev–Trinajstić information content (AvgIpc) is 2.95. The highest BCUT2D eigenvalue weighted by Crippen LogP contribution is 2.55. The van der Waals surface area contributed by atoms with Crippen molar-refractivity contribution < 1.29 is 4.79 Å². The molecule has 4 rings (SSSR count). The number of urea groups is 1. The number of nitrogens with zero attached hydrogens (tertiary/aromatic N) is 1. The molecule has 0 saturated carbocycles. The van der Waals surface area contributed by atoms with Crippen LogP contribution >= 0.6 is 23.4 Å². The van der Waals surface area contributed by atoms with Gasteiger partial charge >= 0.3 is 6.03 Å². The number of halogens is 1. The maximum absolute atomic E-state index is 12.5. The Morgan fingerprint density at radius 3 is 2.76 bits per heavy atom. The van der Waals surface area contributed by atoms with E-state index in [0.717, 1.165) is 29.1 Å². The molecule has 1 fully saturated rings. The Hall–Kier alpha value is -1.65. The lowest BCUT2D eigenvalue weighted by Crippen LogP contribution is -2.50. The van der Waals surface area contributed by atoms with E-state index in [4.69, 9.17) is 11.6 Å². The van der Waals surface area contributed by atoms with E-state index in [9.17, 15) is 4.79 Å². The van der Waals surface area contributed by atoms with Crippen molar-refractivity contribution in [2.75, 3.05) is 17.6 Å². The molecule has 0 spiro atoms. The van der Waals surface area contributed by atoms with Crippen molar-refractivity contribution in [2.24, 2.45) is 0 Å². The van der Waals surface area contributed by atoms with E-state index in [1.54, 1.807) is 11.8 Å². The molecule has 106 valence electrons. The summed E-state index contributed by atoms with van der Waals surface area (Å²) in [6.07, 6.45) is 0. The van der Waals surface area contributed by atoms with Crippen molar-refractivity contribution in [3.8, 4) is 0 Å². The van der Waals surface area contributed by atoms with E-state index in [0.29, 0.717) is 5.02 Å². The van der Waals surface area contributed by atoms with Gasteiger partial charge in [-0.05, 0) is 17.7 Å². The van der Waals surface area contributed by atoms with Crippen LogP contribution in [0.5, 0.6) is 0 Å². The number of rotatable bonds is 1. The fraction of sp³-hybridized carbons (Fsp3) is 0.188. The molecule has 5 heteroatoms. The van der Waals surface area contributed by atoms with Crippen LogP contribution in [0.25, 0.3) is 0 Å². The Morgan fingerprint density at radius 1 is 1.14 bits per heavy atom. The molecule has 0 aliphatic carbocycles. The number of hydrogen-bond acceptors (Lipinski definition) is 2. The number of anilines is 1. The highest BCUT2D eigenvalue weighted by molar-refractivity contribution is 8.00. The van der Waals surface area contributed by atoms with Crippen LogP contribution in [-0.4, -0.2) is 23.2 Å². The smallest absolute Gasteiger partial charge is 0.307 e. The summed E-state index contributed by atoms with van der Waals surface area (Å²) in [5, 5.41) is 3.65. The number of nitrogens with one attached hydrogen (secondary N) is 1. The Bertz CT molecular complexity index is 721. The van der Waals surface area contributed by atoms with Gasteiger partial charge < -0.3 is 10.2 Å². The topological polar surface area (TPSA) is 32.3 Å². The number of carbonyl (C=O) groups excluding carboxylic acids is 1. The summed E-state index contributed by atoms with van der Waals surface area (Å²) in [4.78, 5) is 13.9. The summed E-state index contributed by atoms with van der Waals surface area (Å²) in [6, 6.07) is 15.7. The van der Waals surface area contributed by atoms with Gasteiger partial charge in [-0.15, -0.1) is 11.8 Å². The molecule has 1 N–H and O–H groups in total. The van der Waals surface area contributed by atoms with Gasteiger partial charge in [0.15, 0.2) is 0 Å². The van der Waals surface area contributed by atoms with Crippen LogP contribution in [0, 0.1) is 0 Å². The Morgan fingerprint density at radius 2 is 1.95 bits per heavy atom. The fourth-order valence-corrected chi connectivity index (χ4v) is 5.11. The van der Waals surface area contributed by atoms with E-state index in [1.165, 1.54) is 0 Å². The van der Waals surface area contributed by atoms with Crippen molar-refractivity contribution in [1.82, 2.24) is 4.90 Å². The van der Waals surface area contributed by atoms with Crippen LogP contribution in [0.3, 0.4) is 0 Å². The second-order valence-corrected chi connectivity index (χ2v) is 6.80. The minimum Gasteiger partial charge on any atom is -0.307 e. The first-order chi connectivity index (χ1) is 10.2. The number of hydrogen-bond donors (Lipinski definition) is 1. The molecule has 0 bridgehead atoms. The zero-order chi connectivity index (χ0) is 14.4. The summed E-state index contributed by atoms with van der Waals surface area (Å²) in [6.45, 7) is 0.718. The lowest BCUT2D eigenvalue weighted by Gasteiger charge is -2.43. The summed E-state index contributed by atoms with van der Waals surface area (Å²) < 4.78 is 0. The van der Waals surface area contributed by atoms with E-state index in [1.807, 2.05) is 41.3 Å². The molecule has 1 unspecified atom stereocenters. The van der Waals surface area contributed by atoms with Gasteiger partial charge in [-0.2, -0.15) is 0 Å². The zero-order valence-corrected chi connectivity index (χ0v) is 12.7. The standard InChI is InChI=1S/C16H13ClN2OS/c17-12-7-4-8-13-14(12)16(11-5-2-1-3-6-11)19(9-10-21-16)15(20)18-13/h1-8H,9-10H2,(H,18,20). The Labute approximate surface area is 132 Å². The van der Waals surface area contributed by atoms with Crippen molar-refractivity contribution >= 4 is 35.1 Å². The van der Waals surface area contributed by atoms with E-state index >= 15 is 0 Å². The third-order valence-corrected chi connectivity index (χ3v) is 5.79. The molecule has 1 saturated heterocycles. The Kier molecular flexibility index (Phi) is 2.91. The second kappa shape index (κ2) is 4.68. The highest BCUT2D eigenvalue weighted by Gasteiger charge is 2.52. The van der Waals surface area contributed by atoms with Gasteiger partial charge in [0.05, 0.1) is 5.69 Å². The van der Waals surface area contributed by atoms with Gasteiger partial charge in [0.25, 0.3) is 0 Å². The quantitative estimate of drug-likeness (QED) is 0.857. The lowest BCUT2D eigenvalue weighted by atomic mass is 9.93. The van der Waals surface area contributed by atoms with E-state index in [2.05, 4.69) is 17.4 Å². The van der Waals surface area contributed by atoms with Crippen LogP contribution in [-0.2, 0) is 4.87 Å². The van der Waals surface area contributed by atoms with Gasteiger partial charge in [0, 0.05) is 22.9 Å². The van der Waals surface area contributed by atoms with Gasteiger partial charge in [0.2, 0.25) is 0 Å². The molecule has 0 aromatic heterocycles. The third kappa shape index (κ3) is 1.72. The molecular weight excluding hydrogens is 304 g/mol. The molecule has 0 radical (unpaired) electrons. The number of fused-ring (bicyclic) bond motifs is 3. The molecule has 2 aliphatic heterocycles. The molecule has 2 heterocycles. The first-order valence-corrected chi connectivity index (χ1v) is 8.17. The first kappa shape index (κ1) is 13.0. The van der Waals surface area contributed by atoms with Crippen LogP contribution in [0.2, 0.25) is 5.02 Å². The van der Waals surface area contributed by atoms with Gasteiger partial charge in [-0.3, -0.25) is 0 Å². The highest BCUT2D eigenvalue weighted by atomic mass is 35.5. The average molecular weight is 317 g/mol. The van der Waals surface area contributed by atoms with E-state index in [-0.39, 0.29) is 6.03 Å². The normalized spacial score (nSPS) is 23.5. The van der Waals surface area contributed by atoms with Gasteiger partial charge in [-0.25, -0.2) is 4.79 Å². The number of benzene rings is 2. The van der Waals surface area contributed by atoms with Gasteiger partial charge in [-0.1, -0.05) is 48.0 Å². The van der Waals surface area contributed by atoms with E-state index < -0.39 is 4.87 Å². The predicted molar refractivity (Wildman–Crippen MR) is 86.9 cm³/mol. The summed E-state index contributed by atoms with van der Waals surface area (Å²) >= 11 is 8.27. The number of amides is 2. The van der Waals surface area contributed by atoms with Crippen molar-refractivity contribution in [1.29, 1.82) is 0 Å². The molecule has 2 amide bonds. The summed E-state index contributed by atoms with van der Waals surface area (Å²) in [5.41, 5.74) is 2.89. The molecule has 2 aromatic carbocycles. The van der Waals surface area contributed by atoms with Crippen molar-refractivity contribution in [3.05, 3.63) is 64.7 Å². The maximum atomic E-state index is 12.5. The fourth-order valence-electron chi connectivity index (χ4n) is 3.17. The minimum atomic E-state index is -0.517. The molecular formula is C16H13ClN2OS. The maximum Gasteiger partial charge on any atom is 0.323 e. The molecule has 2 aliphatic rings. The predicted octanol–water partition coefficient (Wildman–Crippen LogP) is 4.14. The molecule has 1 atom stereocenters. The summed E-state index contributed by atoms with van der Waals surface area (Å²) in [7, 11) is 0. The third-order valence-electron chi connectivity index (χ3n) is 4.01. The number of carbonyl (C=O) groups is 1. The zero-order valence-electron chi connectivity index (χ0n) is 11.2. The van der Waals surface area contributed by atoms with Crippen LogP contribution < -0.4 is 5.32 Å². The van der Waals surface area contributed by atoms with Crippen molar-refractivity contribution in [2.45, 2.75) is 4.87 Å². The van der Waals surface area contributed by atoms with Crippen molar-refractivity contribution in [3.63, 3.8) is 0 Å². The van der Waals surface area contributed by atoms with Crippen LogP contribution in [0.15, 0.2) is 48.5 Å². The number of thioether (sulfide) groups is 1. The van der Waals surface area contributed by atoms with Crippen LogP contribution in [0.1, 0.15) is 11.1 Å².